The summed E-state index contributed by atoms with van der Waals surface area (Å²) in [6.07, 6.45) is 5.41. The molecule has 0 aliphatic heterocycles. The molecule has 0 aliphatic carbocycles. The number of aryl methyl sites for hydroxylation is 1. The number of carbonyl (C=O) groups excluding carboxylic acids is 1. The van der Waals surface area contributed by atoms with Gasteiger partial charge < -0.3 is 10.6 Å². The summed E-state index contributed by atoms with van der Waals surface area (Å²) in [7, 11) is 1.86. The highest BCUT2D eigenvalue weighted by Crippen LogP contribution is 2.20. The molecule has 0 fully saturated rings. The molecule has 0 saturated heterocycles. The van der Waals surface area contributed by atoms with Crippen LogP contribution in [0, 0.1) is 0 Å². The van der Waals surface area contributed by atoms with Crippen molar-refractivity contribution in [1.82, 2.24) is 25.4 Å². The predicted molar refractivity (Wildman–Crippen MR) is 81.6 cm³/mol. The Morgan fingerprint density at radius 3 is 2.76 bits per heavy atom. The van der Waals surface area contributed by atoms with Crippen LogP contribution in [0.25, 0.3) is 11.3 Å². The minimum absolute atomic E-state index is 0.191. The molecule has 0 bridgehead atoms. The number of aromatic nitrogens is 3. The molecule has 0 spiro atoms. The lowest BCUT2D eigenvalue weighted by molar-refractivity contribution is 0.231. The second-order valence-electron chi connectivity index (χ2n) is 5.97. The minimum atomic E-state index is -0.259. The average molecular weight is 287 g/mol. The Hall–Kier alpha value is -2.37. The molecule has 2 heterocycles. The van der Waals surface area contributed by atoms with E-state index < -0.39 is 0 Å². The maximum Gasteiger partial charge on any atom is 0.315 e. The molecule has 0 unspecified atom stereocenters. The molecule has 0 aromatic carbocycles. The number of urea groups is 1. The van der Waals surface area contributed by atoms with Crippen molar-refractivity contribution in [1.29, 1.82) is 0 Å². The van der Waals surface area contributed by atoms with E-state index in [2.05, 4.69) is 20.7 Å². The van der Waals surface area contributed by atoms with Gasteiger partial charge in [0.25, 0.3) is 0 Å². The average Bonchev–Trinajstić information content (AvgIpc) is 2.81. The van der Waals surface area contributed by atoms with Crippen molar-refractivity contribution in [3.8, 4) is 11.3 Å². The summed E-state index contributed by atoms with van der Waals surface area (Å²) in [5.74, 6) is 0. The van der Waals surface area contributed by atoms with Gasteiger partial charge in [0.1, 0.15) is 0 Å². The molecule has 2 aromatic rings. The normalized spacial score (nSPS) is 11.2. The summed E-state index contributed by atoms with van der Waals surface area (Å²) in [5.41, 5.74) is 2.47. The Kier molecular flexibility index (Phi) is 4.26. The van der Waals surface area contributed by atoms with Gasteiger partial charge in [-0.1, -0.05) is 6.07 Å². The third-order valence-corrected chi connectivity index (χ3v) is 2.80. The van der Waals surface area contributed by atoms with E-state index in [0.717, 1.165) is 16.8 Å². The Morgan fingerprint density at radius 2 is 2.14 bits per heavy atom. The number of nitrogens with one attached hydrogen (secondary N) is 2. The van der Waals surface area contributed by atoms with Gasteiger partial charge in [0.2, 0.25) is 0 Å². The van der Waals surface area contributed by atoms with Gasteiger partial charge in [0, 0.05) is 37.1 Å². The zero-order valence-corrected chi connectivity index (χ0v) is 12.8. The van der Waals surface area contributed by atoms with Crippen molar-refractivity contribution in [2.45, 2.75) is 32.9 Å². The number of carbonyl (C=O) groups is 1. The van der Waals surface area contributed by atoms with Gasteiger partial charge in [0.15, 0.2) is 0 Å². The maximum atomic E-state index is 11.8. The summed E-state index contributed by atoms with van der Waals surface area (Å²) in [4.78, 5) is 16.2. The molecule has 0 radical (unpaired) electrons. The third-order valence-electron chi connectivity index (χ3n) is 2.80. The molecule has 0 saturated carbocycles. The lowest BCUT2D eigenvalue weighted by Crippen LogP contribution is -2.46. The molecule has 112 valence electrons. The van der Waals surface area contributed by atoms with Gasteiger partial charge in [-0.2, -0.15) is 5.10 Å². The molecule has 0 aliphatic rings. The highest BCUT2D eigenvalue weighted by atomic mass is 16.2. The molecule has 2 N–H and O–H groups in total. The van der Waals surface area contributed by atoms with Crippen LogP contribution in [0.1, 0.15) is 26.3 Å². The highest BCUT2D eigenvalue weighted by Gasteiger charge is 2.14. The van der Waals surface area contributed by atoms with Crippen LogP contribution in [0.15, 0.2) is 30.7 Å². The molecule has 6 nitrogen and oxygen atoms in total. The van der Waals surface area contributed by atoms with Crippen LogP contribution in [0.3, 0.4) is 0 Å². The zero-order valence-electron chi connectivity index (χ0n) is 12.8. The molecule has 21 heavy (non-hydrogen) atoms. The molecule has 6 heteroatoms. The lowest BCUT2D eigenvalue weighted by Gasteiger charge is -2.21. The van der Waals surface area contributed by atoms with E-state index in [1.54, 1.807) is 17.1 Å². The van der Waals surface area contributed by atoms with Gasteiger partial charge in [-0.25, -0.2) is 4.79 Å². The van der Waals surface area contributed by atoms with Crippen LogP contribution in [0.4, 0.5) is 4.79 Å². The van der Waals surface area contributed by atoms with Gasteiger partial charge in [-0.3, -0.25) is 9.67 Å². The first-order valence-electron chi connectivity index (χ1n) is 6.84. The fraction of sp³-hybridized carbons (Fsp3) is 0.400. The van der Waals surface area contributed by atoms with E-state index in [9.17, 15) is 4.79 Å². The zero-order chi connectivity index (χ0) is 15.5. The number of nitrogens with zero attached hydrogens (tertiary/aromatic N) is 3. The van der Waals surface area contributed by atoms with Crippen molar-refractivity contribution < 1.29 is 4.79 Å². The molecular weight excluding hydrogens is 266 g/mol. The van der Waals surface area contributed by atoms with Crippen LogP contribution in [0.5, 0.6) is 0 Å². The maximum absolute atomic E-state index is 11.8. The number of hydrogen-bond donors (Lipinski definition) is 2. The summed E-state index contributed by atoms with van der Waals surface area (Å²) >= 11 is 0. The fourth-order valence-electron chi connectivity index (χ4n) is 1.94. The number of rotatable bonds is 3. The Labute approximate surface area is 124 Å². The smallest absolute Gasteiger partial charge is 0.315 e. The van der Waals surface area contributed by atoms with Crippen LogP contribution >= 0.6 is 0 Å². The quantitative estimate of drug-likeness (QED) is 0.908. The summed E-state index contributed by atoms with van der Waals surface area (Å²) in [6, 6.07) is 3.62. The first kappa shape index (κ1) is 15.0. The van der Waals surface area contributed by atoms with Crippen molar-refractivity contribution in [3.63, 3.8) is 0 Å². The van der Waals surface area contributed by atoms with E-state index >= 15 is 0 Å². The van der Waals surface area contributed by atoms with Crippen molar-refractivity contribution in [3.05, 3.63) is 36.3 Å². The highest BCUT2D eigenvalue weighted by molar-refractivity contribution is 5.75. The summed E-state index contributed by atoms with van der Waals surface area (Å²) in [6.45, 7) is 6.24. The molecule has 2 aromatic heterocycles. The van der Waals surface area contributed by atoms with Crippen molar-refractivity contribution in [2.24, 2.45) is 7.05 Å². The number of pyridine rings is 1. The van der Waals surface area contributed by atoms with Crippen LogP contribution in [-0.4, -0.2) is 26.3 Å². The fourth-order valence-corrected chi connectivity index (χ4v) is 1.94. The SMILES string of the molecule is Cn1cc(-c2ncccc2CNC(=O)NC(C)(C)C)cn1. The van der Waals surface area contributed by atoms with Crippen LogP contribution < -0.4 is 10.6 Å². The Morgan fingerprint density at radius 1 is 1.38 bits per heavy atom. The van der Waals surface area contributed by atoms with E-state index in [4.69, 9.17) is 0 Å². The van der Waals surface area contributed by atoms with Crippen molar-refractivity contribution in [2.75, 3.05) is 0 Å². The minimum Gasteiger partial charge on any atom is -0.334 e. The number of hydrogen-bond acceptors (Lipinski definition) is 3. The topological polar surface area (TPSA) is 71.8 Å². The second-order valence-corrected chi connectivity index (χ2v) is 5.97. The van der Waals surface area contributed by atoms with E-state index in [-0.39, 0.29) is 11.6 Å². The monoisotopic (exact) mass is 287 g/mol. The van der Waals surface area contributed by atoms with Crippen molar-refractivity contribution >= 4 is 6.03 Å². The van der Waals surface area contributed by atoms with Crippen LogP contribution in [-0.2, 0) is 13.6 Å². The first-order valence-corrected chi connectivity index (χ1v) is 6.84. The number of amides is 2. The second kappa shape index (κ2) is 5.95. The lowest BCUT2D eigenvalue weighted by atomic mass is 10.1. The van der Waals surface area contributed by atoms with Gasteiger partial charge in [-0.15, -0.1) is 0 Å². The van der Waals surface area contributed by atoms with Crippen LogP contribution in [0.2, 0.25) is 0 Å². The summed E-state index contributed by atoms with van der Waals surface area (Å²) < 4.78 is 1.73. The van der Waals surface area contributed by atoms with Gasteiger partial charge in [0.05, 0.1) is 11.9 Å². The van der Waals surface area contributed by atoms with Gasteiger partial charge >= 0.3 is 6.03 Å². The predicted octanol–water partition coefficient (Wildman–Crippen LogP) is 2.08. The van der Waals surface area contributed by atoms with E-state index in [1.807, 2.05) is 46.1 Å². The van der Waals surface area contributed by atoms with E-state index in [0.29, 0.717) is 6.54 Å². The molecular formula is C15H21N5O. The van der Waals surface area contributed by atoms with E-state index in [1.165, 1.54) is 0 Å². The Bertz CT molecular complexity index is 627. The van der Waals surface area contributed by atoms with Gasteiger partial charge in [-0.05, 0) is 32.4 Å². The largest absolute Gasteiger partial charge is 0.334 e. The molecule has 2 amide bonds. The first-order chi connectivity index (χ1) is 9.85. The Balaban J connectivity index is 2.09. The molecule has 2 rings (SSSR count). The summed E-state index contributed by atoms with van der Waals surface area (Å²) in [5, 5.41) is 9.88. The third kappa shape index (κ3) is 4.30. The standard InChI is InChI=1S/C15H21N5O/c1-15(2,3)19-14(21)17-8-11-6-5-7-16-13(11)12-9-18-20(4)10-12/h5-7,9-10H,8H2,1-4H3,(H2,17,19,21). The molecule has 0 atom stereocenters.